The Bertz CT molecular complexity index is 508. The van der Waals surface area contributed by atoms with Crippen LogP contribution in [0, 0.1) is 11.3 Å². The lowest BCUT2D eigenvalue weighted by Gasteiger charge is -2.36. The molecule has 2 atom stereocenters. The van der Waals surface area contributed by atoms with Crippen molar-refractivity contribution in [3.8, 4) is 6.07 Å². The Balaban J connectivity index is 2.02. The molecular weight excluding hydrogens is 240 g/mol. The number of rotatable bonds is 1. The highest BCUT2D eigenvalue weighted by Crippen LogP contribution is 2.18. The summed E-state index contributed by atoms with van der Waals surface area (Å²) >= 11 is 0. The van der Waals surface area contributed by atoms with Gasteiger partial charge in [-0.1, -0.05) is 6.07 Å². The van der Waals surface area contributed by atoms with E-state index in [1.54, 1.807) is 29.2 Å². The lowest BCUT2D eigenvalue weighted by Crippen LogP contribution is -2.49. The summed E-state index contributed by atoms with van der Waals surface area (Å²) in [6.07, 6.45) is 1.65. The molecule has 1 aliphatic rings. The van der Waals surface area contributed by atoms with Crippen molar-refractivity contribution in [3.05, 3.63) is 29.8 Å². The van der Waals surface area contributed by atoms with Gasteiger partial charge in [0.05, 0.1) is 11.6 Å². The van der Waals surface area contributed by atoms with Gasteiger partial charge in [-0.15, -0.1) is 0 Å². The van der Waals surface area contributed by atoms with Crippen LogP contribution < -0.4 is 11.1 Å². The number of amides is 2. The first kappa shape index (κ1) is 13.4. The minimum Gasteiger partial charge on any atom is -0.328 e. The van der Waals surface area contributed by atoms with Gasteiger partial charge >= 0.3 is 6.03 Å². The largest absolute Gasteiger partial charge is 0.328 e. The predicted octanol–water partition coefficient (Wildman–Crippen LogP) is 1.90. The summed E-state index contributed by atoms with van der Waals surface area (Å²) in [5, 5.41) is 11.7. The van der Waals surface area contributed by atoms with Crippen LogP contribution in [0.2, 0.25) is 0 Å². The quantitative estimate of drug-likeness (QED) is 0.807. The van der Waals surface area contributed by atoms with Crippen LogP contribution in [-0.4, -0.2) is 29.6 Å². The summed E-state index contributed by atoms with van der Waals surface area (Å²) in [4.78, 5) is 14.0. The van der Waals surface area contributed by atoms with Gasteiger partial charge in [-0.25, -0.2) is 4.79 Å². The second-order valence-corrected chi connectivity index (χ2v) is 4.95. The zero-order valence-electron chi connectivity index (χ0n) is 11.0. The Morgan fingerprint density at radius 3 is 3.05 bits per heavy atom. The van der Waals surface area contributed by atoms with Crippen molar-refractivity contribution >= 4 is 11.7 Å². The molecule has 3 N–H and O–H groups in total. The number of carbonyl (C=O) groups excluding carboxylic acids is 1. The summed E-state index contributed by atoms with van der Waals surface area (Å²) in [5.41, 5.74) is 7.06. The molecule has 2 unspecified atom stereocenters. The van der Waals surface area contributed by atoms with E-state index in [1.807, 2.05) is 6.92 Å². The molecule has 0 radical (unpaired) electrons. The van der Waals surface area contributed by atoms with E-state index in [2.05, 4.69) is 11.4 Å². The van der Waals surface area contributed by atoms with Crippen molar-refractivity contribution in [2.45, 2.75) is 31.8 Å². The van der Waals surface area contributed by atoms with E-state index in [4.69, 9.17) is 11.0 Å². The van der Waals surface area contributed by atoms with Crippen LogP contribution in [0.15, 0.2) is 24.3 Å². The monoisotopic (exact) mass is 258 g/mol. The Labute approximate surface area is 113 Å². The van der Waals surface area contributed by atoms with Gasteiger partial charge in [0.25, 0.3) is 0 Å². The smallest absolute Gasteiger partial charge is 0.322 e. The number of likely N-dealkylation sites (tertiary alicyclic amines) is 1. The number of nitriles is 1. The third-order valence-electron chi connectivity index (χ3n) is 3.42. The van der Waals surface area contributed by atoms with Gasteiger partial charge in [-0.05, 0) is 38.0 Å². The van der Waals surface area contributed by atoms with Crippen molar-refractivity contribution in [3.63, 3.8) is 0 Å². The van der Waals surface area contributed by atoms with E-state index in [-0.39, 0.29) is 18.1 Å². The van der Waals surface area contributed by atoms with Crippen molar-refractivity contribution in [1.82, 2.24) is 4.90 Å². The zero-order valence-corrected chi connectivity index (χ0v) is 11.0. The first-order valence-corrected chi connectivity index (χ1v) is 6.43. The minimum absolute atomic E-state index is 0.130. The number of anilines is 1. The normalized spacial score (nSPS) is 22.7. The van der Waals surface area contributed by atoms with Gasteiger partial charge < -0.3 is 16.0 Å². The standard InChI is InChI=1S/C14H18N4O/c1-10-7-12(16)5-6-18(10)14(19)17-13-4-2-3-11(8-13)9-15/h2-4,8,10,12H,5-7,16H2,1H3,(H,17,19). The molecule has 0 spiro atoms. The molecule has 1 aliphatic heterocycles. The van der Waals surface area contributed by atoms with E-state index >= 15 is 0 Å². The van der Waals surface area contributed by atoms with Crippen molar-refractivity contribution in [1.29, 1.82) is 5.26 Å². The summed E-state index contributed by atoms with van der Waals surface area (Å²) in [5.74, 6) is 0. The van der Waals surface area contributed by atoms with Crippen molar-refractivity contribution in [2.75, 3.05) is 11.9 Å². The molecule has 100 valence electrons. The number of nitrogens with zero attached hydrogens (tertiary/aromatic N) is 2. The Morgan fingerprint density at radius 2 is 2.37 bits per heavy atom. The van der Waals surface area contributed by atoms with Gasteiger partial charge in [0.15, 0.2) is 0 Å². The van der Waals surface area contributed by atoms with Crippen LogP contribution in [0.4, 0.5) is 10.5 Å². The van der Waals surface area contributed by atoms with Crippen molar-refractivity contribution in [2.24, 2.45) is 5.73 Å². The van der Waals surface area contributed by atoms with Crippen LogP contribution in [0.3, 0.4) is 0 Å². The number of carbonyl (C=O) groups is 1. The third kappa shape index (κ3) is 3.24. The molecule has 1 fully saturated rings. The second kappa shape index (κ2) is 5.72. The number of nitrogens with one attached hydrogen (secondary N) is 1. The molecule has 0 bridgehead atoms. The average molecular weight is 258 g/mol. The summed E-state index contributed by atoms with van der Waals surface area (Å²) in [6.45, 7) is 2.68. The number of urea groups is 1. The van der Waals surface area contributed by atoms with E-state index in [0.717, 1.165) is 12.8 Å². The lowest BCUT2D eigenvalue weighted by atomic mass is 10.00. The molecule has 1 aromatic carbocycles. The van der Waals surface area contributed by atoms with Crippen LogP contribution in [0.25, 0.3) is 0 Å². The molecule has 5 heteroatoms. The van der Waals surface area contributed by atoms with E-state index < -0.39 is 0 Å². The Hall–Kier alpha value is -2.06. The molecule has 2 amide bonds. The molecule has 0 saturated carbocycles. The topological polar surface area (TPSA) is 82.2 Å². The van der Waals surface area contributed by atoms with Crippen LogP contribution >= 0.6 is 0 Å². The highest BCUT2D eigenvalue weighted by molar-refractivity contribution is 5.89. The van der Waals surface area contributed by atoms with Gasteiger partial charge in [-0.3, -0.25) is 0 Å². The maximum atomic E-state index is 12.2. The van der Waals surface area contributed by atoms with Crippen LogP contribution in [-0.2, 0) is 0 Å². The highest BCUT2D eigenvalue weighted by atomic mass is 16.2. The van der Waals surface area contributed by atoms with Gasteiger partial charge in [-0.2, -0.15) is 5.26 Å². The molecule has 1 saturated heterocycles. The first-order valence-electron chi connectivity index (χ1n) is 6.43. The van der Waals surface area contributed by atoms with Gasteiger partial charge in [0.2, 0.25) is 0 Å². The Morgan fingerprint density at radius 1 is 1.58 bits per heavy atom. The number of hydrogen-bond acceptors (Lipinski definition) is 3. The molecule has 0 aromatic heterocycles. The maximum absolute atomic E-state index is 12.2. The van der Waals surface area contributed by atoms with Gasteiger partial charge in [0, 0.05) is 24.3 Å². The summed E-state index contributed by atoms with van der Waals surface area (Å²) in [7, 11) is 0. The molecule has 1 aromatic rings. The molecule has 1 heterocycles. The zero-order chi connectivity index (χ0) is 13.8. The molecular formula is C14H18N4O. The number of piperidine rings is 1. The number of hydrogen-bond donors (Lipinski definition) is 2. The van der Waals surface area contributed by atoms with Crippen molar-refractivity contribution < 1.29 is 4.79 Å². The fourth-order valence-corrected chi connectivity index (χ4v) is 2.37. The highest BCUT2D eigenvalue weighted by Gasteiger charge is 2.26. The minimum atomic E-state index is -0.130. The number of nitrogens with two attached hydrogens (primary N) is 1. The lowest BCUT2D eigenvalue weighted by molar-refractivity contribution is 0.163. The summed E-state index contributed by atoms with van der Waals surface area (Å²) in [6, 6.07) is 9.15. The third-order valence-corrected chi connectivity index (χ3v) is 3.42. The second-order valence-electron chi connectivity index (χ2n) is 4.95. The molecule has 2 rings (SSSR count). The van der Waals surface area contributed by atoms with E-state index in [9.17, 15) is 4.79 Å². The van der Waals surface area contributed by atoms with Gasteiger partial charge in [0.1, 0.15) is 0 Å². The SMILES string of the molecule is CC1CC(N)CCN1C(=O)Nc1cccc(C#N)c1. The maximum Gasteiger partial charge on any atom is 0.322 e. The molecule has 19 heavy (non-hydrogen) atoms. The van der Waals surface area contributed by atoms with Crippen LogP contribution in [0.5, 0.6) is 0 Å². The number of benzene rings is 1. The predicted molar refractivity (Wildman–Crippen MR) is 73.6 cm³/mol. The van der Waals surface area contributed by atoms with E-state index in [0.29, 0.717) is 17.8 Å². The van der Waals surface area contributed by atoms with Crippen LogP contribution in [0.1, 0.15) is 25.3 Å². The molecule has 5 nitrogen and oxygen atoms in total. The fourth-order valence-electron chi connectivity index (χ4n) is 2.37. The molecule has 0 aliphatic carbocycles. The Kier molecular flexibility index (Phi) is 4.03. The first-order chi connectivity index (χ1) is 9.10. The summed E-state index contributed by atoms with van der Waals surface area (Å²) < 4.78 is 0. The average Bonchev–Trinajstić information content (AvgIpc) is 2.38. The van der Waals surface area contributed by atoms with E-state index in [1.165, 1.54) is 0 Å². The fraction of sp³-hybridized carbons (Fsp3) is 0.429.